The fourth-order valence-electron chi connectivity index (χ4n) is 5.17. The number of nitrogens with two attached hydrogens (primary N) is 1. The van der Waals surface area contributed by atoms with E-state index >= 15 is 0 Å². The molecule has 0 spiro atoms. The minimum Gasteiger partial charge on any atom is -0.479 e. The number of carboxylic acids is 1. The van der Waals surface area contributed by atoms with Gasteiger partial charge in [-0.05, 0) is 68.1 Å². The molecule has 1 aliphatic rings. The molecule has 1 aromatic heterocycles. The Morgan fingerprint density at radius 3 is 2.39 bits per heavy atom. The lowest BCUT2D eigenvalue weighted by molar-refractivity contribution is -0.140. The number of likely N-dealkylation sites (tertiary alicyclic amines) is 1. The number of carbonyl (C=O) groups excluding carboxylic acids is 1. The molecule has 1 fully saturated rings. The quantitative estimate of drug-likeness (QED) is 0.166. The first-order valence-electron chi connectivity index (χ1n) is 13.4. The maximum absolute atomic E-state index is 13.9. The van der Waals surface area contributed by atoms with Gasteiger partial charge in [-0.2, -0.15) is 0 Å². The normalized spacial score (nSPS) is 16.2. The van der Waals surface area contributed by atoms with Crippen LogP contribution in [0.25, 0.3) is 11.0 Å². The topological polar surface area (TPSA) is 183 Å². The molecule has 2 aromatic carbocycles. The zero-order chi connectivity index (χ0) is 29.9. The standard InChI is InChI=1S/C28H37N7O5S/c1-28(27(38)35-13-5-4-6-14-35,17-32-25(26(36)37)41(3,39)40)19-9-12-22-21(15-19)33-23(34(22)2)16-31-20-10-7-18(8-11-20)24(29)30/h7-12,15,25,31-32H,4-6,13-14,16-17H2,1-3H3,(H3,29,30)(H,36,37). The molecule has 220 valence electrons. The Balaban J connectivity index is 1.64. The van der Waals surface area contributed by atoms with E-state index in [-0.39, 0.29) is 18.3 Å². The number of nitrogens with zero attached hydrogens (tertiary/aromatic N) is 3. The smallest absolute Gasteiger partial charge is 0.336 e. The van der Waals surface area contributed by atoms with Gasteiger partial charge in [-0.25, -0.2) is 18.2 Å². The van der Waals surface area contributed by atoms with Crippen molar-refractivity contribution < 1.29 is 23.1 Å². The van der Waals surface area contributed by atoms with E-state index in [1.165, 1.54) is 0 Å². The van der Waals surface area contributed by atoms with Crippen LogP contribution in [-0.2, 0) is 38.4 Å². The lowest BCUT2D eigenvalue weighted by Gasteiger charge is -2.37. The van der Waals surface area contributed by atoms with Crippen molar-refractivity contribution in [3.63, 3.8) is 0 Å². The van der Waals surface area contributed by atoms with E-state index in [9.17, 15) is 23.1 Å². The maximum Gasteiger partial charge on any atom is 0.336 e. The number of fused-ring (bicyclic) bond motifs is 1. The molecule has 2 atom stereocenters. The van der Waals surface area contributed by atoms with Crippen molar-refractivity contribution in [1.29, 1.82) is 5.41 Å². The second kappa shape index (κ2) is 11.9. The zero-order valence-electron chi connectivity index (χ0n) is 23.5. The van der Waals surface area contributed by atoms with Gasteiger partial charge < -0.3 is 25.6 Å². The number of aliphatic carboxylic acids is 1. The Bertz CT molecular complexity index is 1560. The highest BCUT2D eigenvalue weighted by Crippen LogP contribution is 2.31. The summed E-state index contributed by atoms with van der Waals surface area (Å²) < 4.78 is 26.2. The van der Waals surface area contributed by atoms with Gasteiger partial charge in [-0.3, -0.25) is 15.5 Å². The van der Waals surface area contributed by atoms with Crippen molar-refractivity contribution in [3.8, 4) is 0 Å². The minimum absolute atomic E-state index is 0.00141. The molecule has 6 N–H and O–H groups in total. The van der Waals surface area contributed by atoms with E-state index < -0.39 is 26.6 Å². The van der Waals surface area contributed by atoms with Crippen molar-refractivity contribution in [2.75, 3.05) is 31.2 Å². The van der Waals surface area contributed by atoms with Crippen molar-refractivity contribution in [1.82, 2.24) is 19.8 Å². The van der Waals surface area contributed by atoms with Crippen LogP contribution in [0.2, 0.25) is 0 Å². The summed E-state index contributed by atoms with van der Waals surface area (Å²) in [5, 5.41) is 21.2. The lowest BCUT2D eigenvalue weighted by Crippen LogP contribution is -2.55. The molecular formula is C28H37N7O5S. The van der Waals surface area contributed by atoms with E-state index in [4.69, 9.17) is 16.1 Å². The number of carbonyl (C=O) groups is 2. The highest BCUT2D eigenvalue weighted by molar-refractivity contribution is 7.92. The number of aryl methyl sites for hydroxylation is 1. The molecule has 1 aliphatic heterocycles. The SMILES string of the molecule is Cn1c(CNc2ccc(C(=N)N)cc2)nc2cc(C(C)(CNC(C(=O)O)S(C)(=O)=O)C(=O)N3CCCCC3)ccc21. The third kappa shape index (κ3) is 6.51. The first-order valence-corrected chi connectivity index (χ1v) is 15.4. The van der Waals surface area contributed by atoms with Gasteiger partial charge in [0.05, 0.1) is 23.0 Å². The van der Waals surface area contributed by atoms with Crippen molar-refractivity contribution in [2.45, 2.75) is 43.5 Å². The number of nitrogens with one attached hydrogen (secondary N) is 3. The first kappa shape index (κ1) is 30.0. The van der Waals surface area contributed by atoms with Gasteiger partial charge in [-0.1, -0.05) is 6.07 Å². The summed E-state index contributed by atoms with van der Waals surface area (Å²) in [6.45, 7) is 3.14. The van der Waals surface area contributed by atoms with E-state index in [2.05, 4.69) is 10.6 Å². The number of hydrogen-bond acceptors (Lipinski definition) is 8. The number of amidine groups is 1. The molecule has 3 aromatic rings. The van der Waals surface area contributed by atoms with E-state index in [1.807, 2.05) is 41.9 Å². The summed E-state index contributed by atoms with van der Waals surface area (Å²) >= 11 is 0. The molecule has 0 bridgehead atoms. The van der Waals surface area contributed by atoms with Crippen LogP contribution in [-0.4, -0.2) is 77.0 Å². The van der Waals surface area contributed by atoms with Crippen LogP contribution in [0.3, 0.4) is 0 Å². The van der Waals surface area contributed by atoms with Crippen LogP contribution in [0.4, 0.5) is 5.69 Å². The van der Waals surface area contributed by atoms with Gasteiger partial charge in [-0.15, -0.1) is 0 Å². The average molecular weight is 584 g/mol. The highest BCUT2D eigenvalue weighted by Gasteiger charge is 2.41. The van der Waals surface area contributed by atoms with Gasteiger partial charge in [0, 0.05) is 44.2 Å². The van der Waals surface area contributed by atoms with E-state index in [0.29, 0.717) is 36.3 Å². The summed E-state index contributed by atoms with van der Waals surface area (Å²) in [6, 6.07) is 12.7. The van der Waals surface area contributed by atoms with Gasteiger partial charge >= 0.3 is 5.97 Å². The summed E-state index contributed by atoms with van der Waals surface area (Å²) in [5.41, 5.74) is 7.88. The number of hydrogen-bond donors (Lipinski definition) is 5. The number of aromatic nitrogens is 2. The molecule has 2 heterocycles. The van der Waals surface area contributed by atoms with Crippen LogP contribution >= 0.6 is 0 Å². The molecular weight excluding hydrogens is 546 g/mol. The number of nitrogen functional groups attached to an aromatic ring is 1. The number of amides is 1. The van der Waals surface area contributed by atoms with Crippen molar-refractivity contribution in [2.24, 2.45) is 12.8 Å². The fourth-order valence-corrected chi connectivity index (χ4v) is 5.92. The van der Waals surface area contributed by atoms with Gasteiger partial charge in [0.2, 0.25) is 11.3 Å². The Hall–Kier alpha value is -3.97. The van der Waals surface area contributed by atoms with Crippen LogP contribution in [0.1, 0.15) is 43.1 Å². The Morgan fingerprint density at radius 1 is 1.15 bits per heavy atom. The van der Waals surface area contributed by atoms with Gasteiger partial charge in [0.1, 0.15) is 11.7 Å². The first-order chi connectivity index (χ1) is 19.3. The second-order valence-electron chi connectivity index (χ2n) is 10.7. The summed E-state index contributed by atoms with van der Waals surface area (Å²) in [7, 11) is -2.07. The molecule has 13 heteroatoms. The molecule has 0 radical (unpaired) electrons. The monoisotopic (exact) mass is 583 g/mol. The predicted molar refractivity (Wildman–Crippen MR) is 158 cm³/mol. The predicted octanol–water partition coefficient (Wildman–Crippen LogP) is 1.78. The summed E-state index contributed by atoms with van der Waals surface area (Å²) in [5.74, 6) is -0.960. The van der Waals surface area contributed by atoms with E-state index in [1.54, 1.807) is 24.0 Å². The van der Waals surface area contributed by atoms with Crippen LogP contribution in [0.5, 0.6) is 0 Å². The Morgan fingerprint density at radius 2 is 1.80 bits per heavy atom. The zero-order valence-corrected chi connectivity index (χ0v) is 24.3. The molecule has 4 rings (SSSR count). The number of imidazole rings is 1. The number of anilines is 1. The number of rotatable bonds is 11. The third-order valence-electron chi connectivity index (χ3n) is 7.67. The largest absolute Gasteiger partial charge is 0.479 e. The molecule has 2 unspecified atom stereocenters. The average Bonchev–Trinajstić information content (AvgIpc) is 3.25. The Labute approximate surface area is 239 Å². The number of piperidine rings is 1. The van der Waals surface area contributed by atoms with Crippen molar-refractivity contribution in [3.05, 3.63) is 59.4 Å². The molecule has 0 saturated carbocycles. The number of benzene rings is 2. The molecule has 41 heavy (non-hydrogen) atoms. The van der Waals surface area contributed by atoms with Crippen molar-refractivity contribution >= 4 is 44.3 Å². The van der Waals surface area contributed by atoms with Crippen LogP contribution < -0.4 is 16.4 Å². The minimum atomic E-state index is -3.97. The van der Waals surface area contributed by atoms with Crippen LogP contribution in [0, 0.1) is 5.41 Å². The maximum atomic E-state index is 13.9. The summed E-state index contributed by atoms with van der Waals surface area (Å²) in [6.07, 6.45) is 3.65. The van der Waals surface area contributed by atoms with Crippen LogP contribution in [0.15, 0.2) is 42.5 Å². The molecule has 1 saturated heterocycles. The second-order valence-corrected chi connectivity index (χ2v) is 12.9. The third-order valence-corrected chi connectivity index (χ3v) is 8.89. The lowest BCUT2D eigenvalue weighted by atomic mass is 9.80. The molecule has 0 aliphatic carbocycles. The molecule has 12 nitrogen and oxygen atoms in total. The summed E-state index contributed by atoms with van der Waals surface area (Å²) in [4.78, 5) is 32.2. The fraction of sp³-hybridized carbons (Fsp3) is 0.429. The van der Waals surface area contributed by atoms with Gasteiger partial charge in [0.25, 0.3) is 0 Å². The highest BCUT2D eigenvalue weighted by atomic mass is 32.2. The molecule has 1 amide bonds. The Kier molecular flexibility index (Phi) is 8.69. The number of carboxylic acid groups (broad SMARTS) is 1. The van der Waals surface area contributed by atoms with Gasteiger partial charge in [0.15, 0.2) is 9.84 Å². The van der Waals surface area contributed by atoms with E-state index in [0.717, 1.165) is 42.5 Å². The number of sulfone groups is 1.